The minimum absolute atomic E-state index is 0. The molecule has 0 amide bonds. The lowest BCUT2D eigenvalue weighted by molar-refractivity contribution is -0.137. The molecule has 0 bridgehead atoms. The molecule has 2 N–H and O–H groups in total. The molecule has 132 valence electrons. The predicted octanol–water partition coefficient (Wildman–Crippen LogP) is 5.41. The highest BCUT2D eigenvalue weighted by atomic mass is 35.5. The number of nitrogens with one attached hydrogen (secondary N) is 2. The van der Waals surface area contributed by atoms with E-state index in [0.29, 0.717) is 6.54 Å². The normalized spacial score (nSPS) is 11.8. The third-order valence-corrected chi connectivity index (χ3v) is 3.80. The van der Waals surface area contributed by atoms with Crippen LogP contribution in [0, 0.1) is 0 Å². The van der Waals surface area contributed by atoms with Gasteiger partial charge in [-0.25, -0.2) is 0 Å². The molecule has 0 radical (unpaired) electrons. The van der Waals surface area contributed by atoms with Gasteiger partial charge in [0.2, 0.25) is 0 Å². The van der Waals surface area contributed by atoms with Gasteiger partial charge in [0.15, 0.2) is 0 Å². The van der Waals surface area contributed by atoms with Gasteiger partial charge >= 0.3 is 6.18 Å². The Labute approximate surface area is 150 Å². The van der Waals surface area contributed by atoms with Crippen molar-refractivity contribution >= 4 is 29.4 Å². The molecular formula is C19H18ClF3N2. The molecule has 0 unspecified atom stereocenters. The highest BCUT2D eigenvalue weighted by Gasteiger charge is 2.29. The summed E-state index contributed by atoms with van der Waals surface area (Å²) in [7, 11) is 0. The number of para-hydroxylation sites is 1. The molecule has 0 fully saturated rings. The first-order valence-corrected chi connectivity index (χ1v) is 7.63. The number of aromatic amines is 1. The average Bonchev–Trinajstić information content (AvgIpc) is 3.03. The molecule has 0 aliphatic heterocycles. The molecule has 2 aromatic carbocycles. The summed E-state index contributed by atoms with van der Waals surface area (Å²) in [5.41, 5.74) is 2.42. The van der Waals surface area contributed by atoms with Gasteiger partial charge in [-0.3, -0.25) is 0 Å². The maximum absolute atomic E-state index is 12.5. The zero-order chi connectivity index (χ0) is 17.0. The van der Waals surface area contributed by atoms with Gasteiger partial charge in [-0.1, -0.05) is 42.5 Å². The van der Waals surface area contributed by atoms with Gasteiger partial charge in [-0.15, -0.1) is 12.4 Å². The van der Waals surface area contributed by atoms with Crippen molar-refractivity contribution in [3.8, 4) is 0 Å². The summed E-state index contributed by atoms with van der Waals surface area (Å²) in [5, 5.41) is 4.48. The molecule has 1 heterocycles. The zero-order valence-electron chi connectivity index (χ0n) is 13.3. The second-order valence-corrected chi connectivity index (χ2v) is 5.51. The summed E-state index contributed by atoms with van der Waals surface area (Å²) in [6, 6.07) is 13.3. The van der Waals surface area contributed by atoms with E-state index in [4.69, 9.17) is 0 Å². The number of alkyl halides is 3. The number of hydrogen-bond donors (Lipinski definition) is 2. The van der Waals surface area contributed by atoms with E-state index in [2.05, 4.69) is 22.4 Å². The number of benzene rings is 2. The van der Waals surface area contributed by atoms with Crippen LogP contribution in [-0.4, -0.2) is 11.5 Å². The molecule has 1 aromatic heterocycles. The fraction of sp³-hybridized carbons (Fsp3) is 0.158. The van der Waals surface area contributed by atoms with Gasteiger partial charge in [0.05, 0.1) is 5.56 Å². The van der Waals surface area contributed by atoms with Crippen LogP contribution in [0.1, 0.15) is 16.7 Å². The number of hydrogen-bond acceptors (Lipinski definition) is 1. The van der Waals surface area contributed by atoms with Gasteiger partial charge in [0.25, 0.3) is 0 Å². The molecule has 0 saturated heterocycles. The van der Waals surface area contributed by atoms with E-state index < -0.39 is 11.7 Å². The van der Waals surface area contributed by atoms with Gasteiger partial charge in [0, 0.05) is 24.8 Å². The Hall–Kier alpha value is -2.24. The van der Waals surface area contributed by atoms with E-state index in [9.17, 15) is 13.2 Å². The highest BCUT2D eigenvalue weighted by Crippen LogP contribution is 2.29. The molecule has 0 atom stereocenters. The summed E-state index contributed by atoms with van der Waals surface area (Å²) in [5.74, 6) is 0. The van der Waals surface area contributed by atoms with Crippen molar-refractivity contribution < 1.29 is 13.2 Å². The lowest BCUT2D eigenvalue weighted by atomic mass is 10.1. The second-order valence-electron chi connectivity index (χ2n) is 5.51. The largest absolute Gasteiger partial charge is 0.416 e. The summed E-state index contributed by atoms with van der Waals surface area (Å²) < 4.78 is 37.5. The average molecular weight is 367 g/mol. The Kier molecular flexibility index (Phi) is 6.28. The highest BCUT2D eigenvalue weighted by molar-refractivity contribution is 5.85. The van der Waals surface area contributed by atoms with Crippen LogP contribution in [0.3, 0.4) is 0 Å². The molecule has 0 aliphatic carbocycles. The van der Waals surface area contributed by atoms with Crippen LogP contribution in [-0.2, 0) is 12.7 Å². The van der Waals surface area contributed by atoms with E-state index in [1.165, 1.54) is 23.1 Å². The quantitative estimate of drug-likeness (QED) is 0.580. The van der Waals surface area contributed by atoms with Crippen LogP contribution in [0.25, 0.3) is 17.0 Å². The molecule has 3 rings (SSSR count). The molecule has 2 nitrogen and oxygen atoms in total. The van der Waals surface area contributed by atoms with Crippen molar-refractivity contribution in [2.75, 3.05) is 6.54 Å². The zero-order valence-corrected chi connectivity index (χ0v) is 14.1. The Morgan fingerprint density at radius 2 is 1.76 bits per heavy atom. The number of halogens is 4. The van der Waals surface area contributed by atoms with Crippen molar-refractivity contribution in [2.45, 2.75) is 12.7 Å². The SMILES string of the molecule is Cl.FC(F)(F)c1ccc(/C=C/CNCc2cccc3cc[nH]c23)cc1. The van der Waals surface area contributed by atoms with Crippen LogP contribution < -0.4 is 5.32 Å². The first-order chi connectivity index (χ1) is 11.5. The molecule has 0 spiro atoms. The number of H-pyrrole nitrogens is 1. The standard InChI is InChI=1S/C19H17F3N2.ClH/c20-19(21,22)17-8-6-14(7-9-17)3-2-11-23-13-16-5-1-4-15-10-12-24-18(15)16;/h1-10,12,23-24H,11,13H2;1H/b3-2+;. The van der Waals surface area contributed by atoms with Crippen molar-refractivity contribution in [3.63, 3.8) is 0 Å². The Morgan fingerprint density at radius 3 is 2.48 bits per heavy atom. The molecular weight excluding hydrogens is 349 g/mol. The van der Waals surface area contributed by atoms with Gasteiger partial charge in [-0.05, 0) is 34.7 Å². The fourth-order valence-electron chi connectivity index (χ4n) is 2.57. The van der Waals surface area contributed by atoms with Crippen LogP contribution in [0.2, 0.25) is 0 Å². The monoisotopic (exact) mass is 366 g/mol. The lowest BCUT2D eigenvalue weighted by Gasteiger charge is -2.06. The summed E-state index contributed by atoms with van der Waals surface area (Å²) in [6.45, 7) is 1.35. The van der Waals surface area contributed by atoms with Crippen LogP contribution in [0.4, 0.5) is 13.2 Å². The summed E-state index contributed by atoms with van der Waals surface area (Å²) in [4.78, 5) is 3.22. The Morgan fingerprint density at radius 1 is 1.00 bits per heavy atom. The predicted molar refractivity (Wildman–Crippen MR) is 97.7 cm³/mol. The lowest BCUT2D eigenvalue weighted by Crippen LogP contribution is -2.13. The maximum atomic E-state index is 12.5. The fourth-order valence-corrected chi connectivity index (χ4v) is 2.57. The molecule has 25 heavy (non-hydrogen) atoms. The van der Waals surface area contributed by atoms with E-state index >= 15 is 0 Å². The third-order valence-electron chi connectivity index (χ3n) is 3.80. The van der Waals surface area contributed by atoms with E-state index in [0.717, 1.165) is 29.8 Å². The smallest absolute Gasteiger partial charge is 0.361 e. The Bertz CT molecular complexity index is 836. The molecule has 0 saturated carbocycles. The summed E-state index contributed by atoms with van der Waals surface area (Å²) >= 11 is 0. The van der Waals surface area contributed by atoms with Crippen molar-refractivity contribution in [1.82, 2.24) is 10.3 Å². The summed E-state index contributed by atoms with van der Waals surface area (Å²) in [6.07, 6.45) is 1.33. The molecule has 0 aliphatic rings. The van der Waals surface area contributed by atoms with Crippen LogP contribution in [0.15, 0.2) is 60.8 Å². The minimum atomic E-state index is -4.29. The van der Waals surface area contributed by atoms with Crippen LogP contribution in [0.5, 0.6) is 0 Å². The van der Waals surface area contributed by atoms with Gasteiger partial charge in [0.1, 0.15) is 0 Å². The first kappa shape index (κ1) is 19.1. The van der Waals surface area contributed by atoms with Gasteiger partial charge < -0.3 is 10.3 Å². The number of fused-ring (bicyclic) bond motifs is 1. The second kappa shape index (κ2) is 8.23. The molecule has 6 heteroatoms. The van der Waals surface area contributed by atoms with Crippen molar-refractivity contribution in [2.24, 2.45) is 0 Å². The van der Waals surface area contributed by atoms with Crippen molar-refractivity contribution in [1.29, 1.82) is 0 Å². The minimum Gasteiger partial charge on any atom is -0.361 e. The first-order valence-electron chi connectivity index (χ1n) is 7.63. The van der Waals surface area contributed by atoms with E-state index in [1.807, 2.05) is 30.5 Å². The number of rotatable bonds is 5. The third kappa shape index (κ3) is 4.87. The topological polar surface area (TPSA) is 27.8 Å². The van der Waals surface area contributed by atoms with Crippen molar-refractivity contribution in [3.05, 3.63) is 77.5 Å². The maximum Gasteiger partial charge on any atom is 0.416 e. The molecule has 3 aromatic rings. The van der Waals surface area contributed by atoms with Crippen LogP contribution >= 0.6 is 12.4 Å². The van der Waals surface area contributed by atoms with E-state index in [-0.39, 0.29) is 12.4 Å². The van der Waals surface area contributed by atoms with Gasteiger partial charge in [-0.2, -0.15) is 13.2 Å². The Balaban J connectivity index is 0.00000225. The van der Waals surface area contributed by atoms with E-state index in [1.54, 1.807) is 0 Å². The number of aromatic nitrogens is 1.